The Morgan fingerprint density at radius 2 is 1.58 bits per heavy atom. The molecule has 0 saturated heterocycles. The number of carbonyl (C=O) groups is 1. The van der Waals surface area contributed by atoms with Crippen LogP contribution in [0.3, 0.4) is 0 Å². The molecule has 4 rings (SSSR count). The second-order valence-corrected chi connectivity index (χ2v) is 7.20. The molecule has 0 unspecified atom stereocenters. The van der Waals surface area contributed by atoms with Gasteiger partial charge in [0, 0.05) is 35.0 Å². The molecule has 6 nitrogen and oxygen atoms in total. The van der Waals surface area contributed by atoms with Crippen molar-refractivity contribution in [3.05, 3.63) is 72.2 Å². The fourth-order valence-electron chi connectivity index (χ4n) is 3.00. The molecule has 1 fully saturated rings. The largest absolute Gasteiger partial charge is 0.432 e. The van der Waals surface area contributed by atoms with Gasteiger partial charge in [0.05, 0.1) is 11.0 Å². The van der Waals surface area contributed by atoms with Crippen LogP contribution in [0.2, 0.25) is 0 Å². The van der Waals surface area contributed by atoms with Gasteiger partial charge in [0.15, 0.2) is 0 Å². The van der Waals surface area contributed by atoms with E-state index in [0.29, 0.717) is 33.7 Å². The number of allylic oxidation sites excluding steroid dienone is 2. The van der Waals surface area contributed by atoms with Crippen molar-refractivity contribution in [1.82, 2.24) is 9.97 Å². The van der Waals surface area contributed by atoms with E-state index in [-0.39, 0.29) is 11.8 Å². The van der Waals surface area contributed by atoms with Crippen LogP contribution in [0.1, 0.15) is 23.2 Å². The summed E-state index contributed by atoms with van der Waals surface area (Å²) in [6.45, 7) is 0. The van der Waals surface area contributed by atoms with Gasteiger partial charge >= 0.3 is 6.18 Å². The molecule has 2 aromatic carbocycles. The van der Waals surface area contributed by atoms with Crippen LogP contribution in [0.4, 0.5) is 24.5 Å². The van der Waals surface area contributed by atoms with Gasteiger partial charge in [0.2, 0.25) is 0 Å². The summed E-state index contributed by atoms with van der Waals surface area (Å²) in [6.07, 6.45) is 0.868. The highest BCUT2D eigenvalue weighted by molar-refractivity contribution is 6.06. The van der Waals surface area contributed by atoms with Crippen LogP contribution in [0, 0.1) is 11.3 Å². The molecule has 1 aromatic heterocycles. The molecular formula is C22H18F3N5O. The van der Waals surface area contributed by atoms with Gasteiger partial charge in [0.1, 0.15) is 5.71 Å². The van der Waals surface area contributed by atoms with Crippen LogP contribution in [0.15, 0.2) is 66.6 Å². The molecule has 0 aliphatic heterocycles. The Bertz CT molecular complexity index is 1170. The molecule has 3 aromatic rings. The second-order valence-electron chi connectivity index (χ2n) is 7.20. The van der Waals surface area contributed by atoms with Gasteiger partial charge in [0.25, 0.3) is 5.91 Å². The van der Waals surface area contributed by atoms with Crippen LogP contribution >= 0.6 is 0 Å². The number of nitrogens with zero attached hydrogens (tertiary/aromatic N) is 2. The minimum Gasteiger partial charge on any atom is -0.359 e. The molecule has 0 radical (unpaired) electrons. The number of anilines is 2. The van der Waals surface area contributed by atoms with E-state index < -0.39 is 11.9 Å². The Hall–Kier alpha value is -3.75. The van der Waals surface area contributed by atoms with Crippen molar-refractivity contribution < 1.29 is 18.0 Å². The fraction of sp³-hybridized carbons (Fsp3) is 0.182. The van der Waals surface area contributed by atoms with Gasteiger partial charge in [-0.1, -0.05) is 0 Å². The average molecular weight is 425 g/mol. The molecule has 0 bridgehead atoms. The zero-order valence-corrected chi connectivity index (χ0v) is 16.2. The molecule has 1 aliphatic rings. The van der Waals surface area contributed by atoms with Gasteiger partial charge in [-0.25, -0.2) is 0 Å². The van der Waals surface area contributed by atoms with Crippen molar-refractivity contribution >= 4 is 34.0 Å². The van der Waals surface area contributed by atoms with Crippen molar-refractivity contribution in [2.75, 3.05) is 10.6 Å². The number of rotatable bonds is 6. The Kier molecular flexibility index (Phi) is 5.41. The molecule has 1 aliphatic carbocycles. The molecule has 1 amide bonds. The zero-order chi connectivity index (χ0) is 22.0. The quantitative estimate of drug-likeness (QED) is 0.475. The van der Waals surface area contributed by atoms with Crippen molar-refractivity contribution in [3.63, 3.8) is 0 Å². The molecule has 31 heavy (non-hydrogen) atoms. The maximum Gasteiger partial charge on any atom is 0.432 e. The number of fused-ring (bicyclic) bond motifs is 1. The number of halogens is 3. The van der Waals surface area contributed by atoms with Crippen LogP contribution in [-0.4, -0.2) is 27.8 Å². The van der Waals surface area contributed by atoms with E-state index in [1.54, 1.807) is 54.9 Å². The SMILES string of the molecule is N=C(/C=C(\Nc1ccc(NC(=O)c2ccc3nccnc3c2)cc1)C1CC1)C(F)(F)F. The summed E-state index contributed by atoms with van der Waals surface area (Å²) in [4.78, 5) is 20.9. The van der Waals surface area contributed by atoms with Gasteiger partial charge < -0.3 is 10.6 Å². The maximum absolute atomic E-state index is 12.7. The molecule has 0 atom stereocenters. The van der Waals surface area contributed by atoms with Crippen LogP contribution in [-0.2, 0) is 0 Å². The lowest BCUT2D eigenvalue weighted by Crippen LogP contribution is -2.21. The third kappa shape index (κ3) is 5.06. The predicted octanol–water partition coefficient (Wildman–Crippen LogP) is 5.17. The molecular weight excluding hydrogens is 407 g/mol. The number of amides is 1. The Morgan fingerprint density at radius 1 is 0.968 bits per heavy atom. The summed E-state index contributed by atoms with van der Waals surface area (Å²) < 4.78 is 38.1. The second kappa shape index (κ2) is 8.17. The summed E-state index contributed by atoms with van der Waals surface area (Å²) in [5.74, 6) is -0.316. The standard InChI is InChI=1S/C22H18F3N5O/c23-22(24,25)20(26)12-18(13-1-2-13)29-15-4-6-16(7-5-15)30-21(31)14-3-8-17-19(11-14)28-10-9-27-17/h3-13,26,29H,1-2H2,(H,30,31)/b18-12-,26-20?. The van der Waals surface area contributed by atoms with E-state index in [1.807, 2.05) is 0 Å². The summed E-state index contributed by atoms with van der Waals surface area (Å²) in [6, 6.07) is 11.7. The van der Waals surface area contributed by atoms with E-state index in [2.05, 4.69) is 20.6 Å². The summed E-state index contributed by atoms with van der Waals surface area (Å²) in [5.41, 5.74) is 1.83. The number of aromatic nitrogens is 2. The van der Waals surface area contributed by atoms with Crippen LogP contribution in [0.25, 0.3) is 11.0 Å². The highest BCUT2D eigenvalue weighted by atomic mass is 19.4. The molecule has 158 valence electrons. The first kappa shape index (κ1) is 20.5. The van der Waals surface area contributed by atoms with Crippen LogP contribution in [0.5, 0.6) is 0 Å². The molecule has 9 heteroatoms. The van der Waals surface area contributed by atoms with E-state index in [0.717, 1.165) is 18.9 Å². The van der Waals surface area contributed by atoms with E-state index in [4.69, 9.17) is 5.41 Å². The summed E-state index contributed by atoms with van der Waals surface area (Å²) in [5, 5.41) is 13.0. The van der Waals surface area contributed by atoms with Crippen molar-refractivity contribution in [2.45, 2.75) is 19.0 Å². The van der Waals surface area contributed by atoms with Crippen LogP contribution < -0.4 is 10.6 Å². The lowest BCUT2D eigenvalue weighted by atomic mass is 10.1. The first-order valence-electron chi connectivity index (χ1n) is 9.56. The zero-order valence-electron chi connectivity index (χ0n) is 16.2. The van der Waals surface area contributed by atoms with Gasteiger partial charge in [-0.05, 0) is 67.3 Å². The molecule has 3 N–H and O–H groups in total. The number of alkyl halides is 3. The normalized spacial score (nSPS) is 14.4. The lowest BCUT2D eigenvalue weighted by molar-refractivity contribution is -0.0584. The number of benzene rings is 2. The number of hydrogen-bond acceptors (Lipinski definition) is 5. The predicted molar refractivity (Wildman–Crippen MR) is 112 cm³/mol. The minimum atomic E-state index is -4.68. The third-order valence-corrected chi connectivity index (χ3v) is 4.79. The smallest absolute Gasteiger partial charge is 0.359 e. The minimum absolute atomic E-state index is 0.00178. The van der Waals surface area contributed by atoms with Gasteiger partial charge in [-0.15, -0.1) is 0 Å². The lowest BCUT2D eigenvalue weighted by Gasteiger charge is -2.13. The van der Waals surface area contributed by atoms with E-state index in [9.17, 15) is 18.0 Å². The highest BCUT2D eigenvalue weighted by Crippen LogP contribution is 2.37. The first-order valence-corrected chi connectivity index (χ1v) is 9.56. The topological polar surface area (TPSA) is 90.8 Å². The molecule has 1 saturated carbocycles. The van der Waals surface area contributed by atoms with Gasteiger partial charge in [-0.2, -0.15) is 13.2 Å². The van der Waals surface area contributed by atoms with Crippen molar-refractivity contribution in [3.8, 4) is 0 Å². The Labute approximate surface area is 175 Å². The highest BCUT2D eigenvalue weighted by Gasteiger charge is 2.35. The van der Waals surface area contributed by atoms with E-state index >= 15 is 0 Å². The molecule has 0 spiro atoms. The first-order chi connectivity index (χ1) is 14.8. The third-order valence-electron chi connectivity index (χ3n) is 4.79. The van der Waals surface area contributed by atoms with Crippen molar-refractivity contribution in [2.24, 2.45) is 5.92 Å². The Morgan fingerprint density at radius 3 is 2.19 bits per heavy atom. The number of nitrogens with one attached hydrogen (secondary N) is 3. The van der Waals surface area contributed by atoms with Crippen molar-refractivity contribution in [1.29, 1.82) is 5.41 Å². The number of hydrogen-bond donors (Lipinski definition) is 3. The van der Waals surface area contributed by atoms with E-state index in [1.165, 1.54) is 0 Å². The Balaban J connectivity index is 1.44. The van der Waals surface area contributed by atoms with Gasteiger partial charge in [-0.3, -0.25) is 20.2 Å². The number of carbonyl (C=O) groups excluding carboxylic acids is 1. The molecule has 1 heterocycles. The monoisotopic (exact) mass is 425 g/mol. The fourth-order valence-corrected chi connectivity index (χ4v) is 3.00. The average Bonchev–Trinajstić information content (AvgIpc) is 3.59. The summed E-state index contributed by atoms with van der Waals surface area (Å²) in [7, 11) is 0. The summed E-state index contributed by atoms with van der Waals surface area (Å²) >= 11 is 0. The maximum atomic E-state index is 12.7.